The highest BCUT2D eigenvalue weighted by Crippen LogP contribution is 2.10. The van der Waals surface area contributed by atoms with Crippen molar-refractivity contribution in [3.63, 3.8) is 0 Å². The molecule has 0 atom stereocenters. The lowest BCUT2D eigenvalue weighted by molar-refractivity contribution is 0.0946. The zero-order valence-corrected chi connectivity index (χ0v) is 12.1. The molecule has 1 aromatic heterocycles. The van der Waals surface area contributed by atoms with Crippen LogP contribution in [0, 0.1) is 6.92 Å². The van der Waals surface area contributed by atoms with E-state index in [1.165, 1.54) is 0 Å². The summed E-state index contributed by atoms with van der Waals surface area (Å²) in [5.41, 5.74) is 8.06. The molecule has 2 rings (SSSR count). The fraction of sp³-hybridized carbons (Fsp3) is 0.333. The van der Waals surface area contributed by atoms with Crippen LogP contribution in [0.25, 0.3) is 5.69 Å². The molecular weight excluding hydrogens is 252 g/mol. The highest BCUT2D eigenvalue weighted by molar-refractivity contribution is 5.94. The molecule has 1 heterocycles. The van der Waals surface area contributed by atoms with Gasteiger partial charge in [-0.25, -0.2) is 4.68 Å². The van der Waals surface area contributed by atoms with E-state index in [0.29, 0.717) is 12.1 Å². The number of rotatable bonds is 4. The molecule has 1 amide bonds. The molecule has 20 heavy (non-hydrogen) atoms. The van der Waals surface area contributed by atoms with Crippen molar-refractivity contribution in [2.45, 2.75) is 26.3 Å². The molecule has 0 fully saturated rings. The van der Waals surface area contributed by atoms with Crippen LogP contribution < -0.4 is 11.1 Å². The Morgan fingerprint density at radius 3 is 2.50 bits per heavy atom. The number of nitrogens with one attached hydrogen (secondary N) is 1. The maximum absolute atomic E-state index is 12.0. The average Bonchev–Trinajstić information content (AvgIpc) is 2.82. The zero-order chi connectivity index (χ0) is 14.8. The third-order valence-electron chi connectivity index (χ3n) is 2.81. The highest BCUT2D eigenvalue weighted by atomic mass is 16.1. The van der Waals surface area contributed by atoms with E-state index in [1.54, 1.807) is 23.0 Å². The third kappa shape index (κ3) is 3.68. The maximum Gasteiger partial charge on any atom is 0.251 e. The van der Waals surface area contributed by atoms with Crippen molar-refractivity contribution in [1.82, 2.24) is 15.1 Å². The van der Waals surface area contributed by atoms with Crippen molar-refractivity contribution < 1.29 is 4.79 Å². The smallest absolute Gasteiger partial charge is 0.251 e. The number of carbonyl (C=O) groups excluding carboxylic acids is 1. The Morgan fingerprint density at radius 2 is 2.00 bits per heavy atom. The second-order valence-electron chi connectivity index (χ2n) is 5.68. The quantitative estimate of drug-likeness (QED) is 0.888. The fourth-order valence-electron chi connectivity index (χ4n) is 1.73. The van der Waals surface area contributed by atoms with Crippen LogP contribution in [-0.2, 0) is 0 Å². The molecule has 0 unspecified atom stereocenters. The molecule has 0 saturated heterocycles. The molecule has 0 aliphatic carbocycles. The SMILES string of the molecule is Cc1cnn(-c2ccc(C(=O)NCC(C)(C)N)cc2)c1. The van der Waals surface area contributed by atoms with E-state index in [2.05, 4.69) is 10.4 Å². The van der Waals surface area contributed by atoms with Crippen LogP contribution >= 0.6 is 0 Å². The number of hydrogen-bond donors (Lipinski definition) is 2. The number of aryl methyl sites for hydroxylation is 1. The molecule has 1 aromatic carbocycles. The van der Waals surface area contributed by atoms with Crippen LogP contribution in [0.5, 0.6) is 0 Å². The van der Waals surface area contributed by atoms with E-state index in [0.717, 1.165) is 11.3 Å². The molecule has 0 radical (unpaired) electrons. The fourth-order valence-corrected chi connectivity index (χ4v) is 1.73. The minimum Gasteiger partial charge on any atom is -0.350 e. The summed E-state index contributed by atoms with van der Waals surface area (Å²) in [7, 11) is 0. The zero-order valence-electron chi connectivity index (χ0n) is 12.1. The Hall–Kier alpha value is -2.14. The average molecular weight is 272 g/mol. The van der Waals surface area contributed by atoms with Crippen LogP contribution in [0.4, 0.5) is 0 Å². The Labute approximate surface area is 118 Å². The number of nitrogens with two attached hydrogens (primary N) is 1. The van der Waals surface area contributed by atoms with Crippen LogP contribution in [0.1, 0.15) is 29.8 Å². The molecule has 0 aliphatic rings. The lowest BCUT2D eigenvalue weighted by Crippen LogP contribution is -2.45. The Morgan fingerprint density at radius 1 is 1.35 bits per heavy atom. The Kier molecular flexibility index (Phi) is 3.90. The van der Waals surface area contributed by atoms with Crippen molar-refractivity contribution in [2.24, 2.45) is 5.73 Å². The number of benzene rings is 1. The lowest BCUT2D eigenvalue weighted by Gasteiger charge is -2.18. The molecule has 106 valence electrons. The summed E-state index contributed by atoms with van der Waals surface area (Å²) in [6.45, 7) is 6.17. The van der Waals surface area contributed by atoms with Crippen LogP contribution in [0.15, 0.2) is 36.7 Å². The van der Waals surface area contributed by atoms with Gasteiger partial charge in [0.2, 0.25) is 0 Å². The molecule has 5 nitrogen and oxygen atoms in total. The molecule has 0 spiro atoms. The van der Waals surface area contributed by atoms with Gasteiger partial charge in [0.15, 0.2) is 0 Å². The van der Waals surface area contributed by atoms with Crippen molar-refractivity contribution >= 4 is 5.91 Å². The summed E-state index contributed by atoms with van der Waals surface area (Å²) in [6.07, 6.45) is 3.73. The largest absolute Gasteiger partial charge is 0.350 e. The van der Waals surface area contributed by atoms with Gasteiger partial charge in [-0.2, -0.15) is 5.10 Å². The van der Waals surface area contributed by atoms with E-state index in [-0.39, 0.29) is 5.91 Å². The summed E-state index contributed by atoms with van der Waals surface area (Å²) in [4.78, 5) is 12.0. The van der Waals surface area contributed by atoms with Gasteiger partial charge in [-0.1, -0.05) is 0 Å². The van der Waals surface area contributed by atoms with Gasteiger partial charge >= 0.3 is 0 Å². The number of aromatic nitrogens is 2. The predicted molar refractivity (Wildman–Crippen MR) is 78.9 cm³/mol. The lowest BCUT2D eigenvalue weighted by atomic mass is 10.1. The number of carbonyl (C=O) groups is 1. The van der Waals surface area contributed by atoms with Gasteiger partial charge in [-0.3, -0.25) is 4.79 Å². The maximum atomic E-state index is 12.0. The minimum atomic E-state index is -0.414. The van der Waals surface area contributed by atoms with Gasteiger partial charge in [0.05, 0.1) is 11.9 Å². The van der Waals surface area contributed by atoms with E-state index in [9.17, 15) is 4.79 Å². The van der Waals surface area contributed by atoms with E-state index >= 15 is 0 Å². The van der Waals surface area contributed by atoms with Gasteiger partial charge in [0.1, 0.15) is 0 Å². The first kappa shape index (κ1) is 14.3. The summed E-state index contributed by atoms with van der Waals surface area (Å²) in [5, 5.41) is 7.04. The summed E-state index contributed by atoms with van der Waals surface area (Å²) in [5.74, 6) is -0.119. The standard InChI is InChI=1S/C15H20N4O/c1-11-8-18-19(9-11)13-6-4-12(5-7-13)14(20)17-10-15(2,3)16/h4-9H,10,16H2,1-3H3,(H,17,20). The van der Waals surface area contributed by atoms with Crippen molar-refractivity contribution in [2.75, 3.05) is 6.54 Å². The summed E-state index contributed by atoms with van der Waals surface area (Å²) in [6, 6.07) is 7.31. The molecule has 5 heteroatoms. The van der Waals surface area contributed by atoms with Crippen molar-refractivity contribution in [1.29, 1.82) is 0 Å². The van der Waals surface area contributed by atoms with Gasteiger partial charge in [-0.15, -0.1) is 0 Å². The summed E-state index contributed by atoms with van der Waals surface area (Å²) < 4.78 is 1.78. The molecule has 0 aliphatic heterocycles. The van der Waals surface area contributed by atoms with Crippen molar-refractivity contribution in [3.8, 4) is 5.69 Å². The van der Waals surface area contributed by atoms with Crippen LogP contribution in [0.3, 0.4) is 0 Å². The second-order valence-corrected chi connectivity index (χ2v) is 5.68. The first-order valence-corrected chi connectivity index (χ1v) is 6.54. The van der Waals surface area contributed by atoms with Crippen LogP contribution in [0.2, 0.25) is 0 Å². The number of nitrogens with zero attached hydrogens (tertiary/aromatic N) is 2. The Bertz CT molecular complexity index is 593. The number of amides is 1. The van der Waals surface area contributed by atoms with E-state index < -0.39 is 5.54 Å². The van der Waals surface area contributed by atoms with E-state index in [4.69, 9.17) is 5.73 Å². The minimum absolute atomic E-state index is 0.119. The van der Waals surface area contributed by atoms with Gasteiger partial charge in [-0.05, 0) is 50.6 Å². The Balaban J connectivity index is 2.06. The molecule has 0 bridgehead atoms. The van der Waals surface area contributed by atoms with Gasteiger partial charge in [0, 0.05) is 23.8 Å². The number of hydrogen-bond acceptors (Lipinski definition) is 3. The first-order valence-electron chi connectivity index (χ1n) is 6.54. The molecule has 3 N–H and O–H groups in total. The molecular formula is C15H20N4O. The van der Waals surface area contributed by atoms with Crippen LogP contribution in [-0.4, -0.2) is 27.8 Å². The summed E-state index contributed by atoms with van der Waals surface area (Å²) >= 11 is 0. The van der Waals surface area contributed by atoms with E-state index in [1.807, 2.05) is 39.1 Å². The second kappa shape index (κ2) is 5.46. The predicted octanol–water partition coefficient (Wildman–Crippen LogP) is 1.65. The van der Waals surface area contributed by atoms with Crippen molar-refractivity contribution in [3.05, 3.63) is 47.8 Å². The first-order chi connectivity index (χ1) is 9.35. The third-order valence-corrected chi connectivity index (χ3v) is 2.81. The monoisotopic (exact) mass is 272 g/mol. The van der Waals surface area contributed by atoms with Gasteiger partial charge < -0.3 is 11.1 Å². The molecule has 0 saturated carbocycles. The molecule has 2 aromatic rings. The highest BCUT2D eigenvalue weighted by Gasteiger charge is 2.13. The van der Waals surface area contributed by atoms with Gasteiger partial charge in [0.25, 0.3) is 5.91 Å². The normalized spacial score (nSPS) is 11.4. The topological polar surface area (TPSA) is 72.9 Å².